The summed E-state index contributed by atoms with van der Waals surface area (Å²) in [6.45, 7) is 12.2. The molecule has 0 saturated carbocycles. The van der Waals surface area contributed by atoms with E-state index in [0.717, 1.165) is 22.3 Å². The molecule has 34 heavy (non-hydrogen) atoms. The van der Waals surface area contributed by atoms with E-state index in [1.807, 2.05) is 88.4 Å². The van der Waals surface area contributed by atoms with E-state index in [2.05, 4.69) is 20.3 Å². The SMILES string of the molecule is Cc1cccc(-n2c(=O)c3ccccc3n3c(SC(C)c4nc(C(C)(C)C)no4)nnc23)c1C. The fraction of sp³-hybridized carbons (Fsp3) is 0.320. The Labute approximate surface area is 201 Å². The molecule has 3 heterocycles. The molecule has 0 spiro atoms. The van der Waals surface area contributed by atoms with E-state index >= 15 is 0 Å². The fourth-order valence-electron chi connectivity index (χ4n) is 3.86. The molecule has 0 aliphatic carbocycles. The second kappa shape index (κ2) is 8.09. The third-order valence-corrected chi connectivity index (χ3v) is 6.98. The highest BCUT2D eigenvalue weighted by atomic mass is 32.2. The molecule has 0 aliphatic rings. The highest BCUT2D eigenvalue weighted by molar-refractivity contribution is 7.99. The van der Waals surface area contributed by atoms with Gasteiger partial charge < -0.3 is 4.52 Å². The molecular formula is C25H26N6O2S. The van der Waals surface area contributed by atoms with Crippen molar-refractivity contribution in [2.24, 2.45) is 0 Å². The van der Waals surface area contributed by atoms with Crippen molar-refractivity contribution >= 4 is 28.4 Å². The van der Waals surface area contributed by atoms with Crippen LogP contribution in [0.3, 0.4) is 0 Å². The lowest BCUT2D eigenvalue weighted by molar-refractivity contribution is 0.364. The predicted octanol–water partition coefficient (Wildman–Crippen LogP) is 5.18. The molecule has 8 nitrogen and oxygen atoms in total. The molecule has 5 rings (SSSR count). The molecule has 3 aromatic heterocycles. The van der Waals surface area contributed by atoms with E-state index in [4.69, 9.17) is 4.52 Å². The number of para-hydroxylation sites is 1. The van der Waals surface area contributed by atoms with Gasteiger partial charge in [0.15, 0.2) is 11.0 Å². The van der Waals surface area contributed by atoms with E-state index in [1.165, 1.54) is 11.8 Å². The Morgan fingerprint density at radius 3 is 2.53 bits per heavy atom. The summed E-state index contributed by atoms with van der Waals surface area (Å²) in [6.07, 6.45) is 0. The minimum Gasteiger partial charge on any atom is -0.338 e. The van der Waals surface area contributed by atoms with Crippen LogP contribution in [0, 0.1) is 13.8 Å². The smallest absolute Gasteiger partial charge is 0.267 e. The van der Waals surface area contributed by atoms with Crippen LogP contribution >= 0.6 is 11.8 Å². The summed E-state index contributed by atoms with van der Waals surface area (Å²) in [4.78, 5) is 18.2. The minimum absolute atomic E-state index is 0.125. The quantitative estimate of drug-likeness (QED) is 0.331. The second-order valence-electron chi connectivity index (χ2n) is 9.46. The Morgan fingerprint density at radius 1 is 1.03 bits per heavy atom. The molecule has 1 unspecified atom stereocenters. The Bertz CT molecular complexity index is 1590. The number of nitrogens with zero attached hydrogens (tertiary/aromatic N) is 6. The van der Waals surface area contributed by atoms with Crippen molar-refractivity contribution in [2.75, 3.05) is 0 Å². The van der Waals surface area contributed by atoms with Crippen molar-refractivity contribution in [3.63, 3.8) is 0 Å². The highest BCUT2D eigenvalue weighted by Crippen LogP contribution is 2.35. The summed E-state index contributed by atoms with van der Waals surface area (Å²) in [5.74, 6) is 1.65. The third kappa shape index (κ3) is 3.60. The fourth-order valence-corrected chi connectivity index (χ4v) is 4.75. The Hall–Kier alpha value is -3.46. The zero-order valence-corrected chi connectivity index (χ0v) is 20.8. The van der Waals surface area contributed by atoms with Gasteiger partial charge in [-0.1, -0.05) is 62.0 Å². The van der Waals surface area contributed by atoms with Crippen LogP contribution in [0.1, 0.15) is 55.8 Å². The maximum atomic E-state index is 13.6. The summed E-state index contributed by atoms with van der Waals surface area (Å²) in [7, 11) is 0. The first-order valence-corrected chi connectivity index (χ1v) is 12.0. The number of hydrogen-bond acceptors (Lipinski definition) is 7. The number of fused-ring (bicyclic) bond motifs is 3. The molecular weight excluding hydrogens is 448 g/mol. The van der Waals surface area contributed by atoms with Gasteiger partial charge in [0.2, 0.25) is 11.7 Å². The van der Waals surface area contributed by atoms with Gasteiger partial charge in [-0.05, 0) is 50.1 Å². The van der Waals surface area contributed by atoms with Gasteiger partial charge in [0, 0.05) is 5.41 Å². The molecule has 9 heteroatoms. The topological polar surface area (TPSA) is 91.1 Å². The van der Waals surface area contributed by atoms with Crippen molar-refractivity contribution < 1.29 is 4.52 Å². The molecule has 0 saturated heterocycles. The molecule has 0 N–H and O–H groups in total. The van der Waals surface area contributed by atoms with Crippen molar-refractivity contribution in [3.8, 4) is 5.69 Å². The number of hydrogen-bond donors (Lipinski definition) is 0. The van der Waals surface area contributed by atoms with Crippen LogP contribution in [-0.2, 0) is 5.41 Å². The van der Waals surface area contributed by atoms with E-state index in [-0.39, 0.29) is 16.2 Å². The molecule has 2 aromatic carbocycles. The molecule has 0 aliphatic heterocycles. The number of benzene rings is 2. The largest absolute Gasteiger partial charge is 0.338 e. The van der Waals surface area contributed by atoms with E-state index in [1.54, 1.807) is 4.57 Å². The number of aryl methyl sites for hydroxylation is 1. The van der Waals surface area contributed by atoms with Gasteiger partial charge in [-0.15, -0.1) is 10.2 Å². The average molecular weight is 475 g/mol. The van der Waals surface area contributed by atoms with Crippen LogP contribution in [0.2, 0.25) is 0 Å². The summed E-state index contributed by atoms with van der Waals surface area (Å²) >= 11 is 1.47. The standard InChI is InChI=1S/C25H26N6O2S/c1-14-10-9-13-18(15(14)2)30-21(32)17-11-7-8-12-19(17)31-23(30)27-28-24(31)34-16(3)20-26-22(29-33-20)25(4,5)6/h7-13,16H,1-6H3. The van der Waals surface area contributed by atoms with Crippen LogP contribution in [0.25, 0.3) is 22.4 Å². The second-order valence-corrected chi connectivity index (χ2v) is 10.8. The minimum atomic E-state index is -0.203. The van der Waals surface area contributed by atoms with Crippen LogP contribution < -0.4 is 5.56 Å². The van der Waals surface area contributed by atoms with Crippen LogP contribution in [0.15, 0.2) is 56.9 Å². The normalized spacial score (nSPS) is 13.1. The first-order valence-electron chi connectivity index (χ1n) is 11.1. The summed E-state index contributed by atoms with van der Waals surface area (Å²) in [6, 6.07) is 13.5. The van der Waals surface area contributed by atoms with Gasteiger partial charge in [-0.2, -0.15) is 4.98 Å². The molecule has 0 amide bonds. The first kappa shape index (κ1) is 22.3. The van der Waals surface area contributed by atoms with E-state index < -0.39 is 0 Å². The first-order chi connectivity index (χ1) is 16.2. The molecule has 174 valence electrons. The predicted molar refractivity (Wildman–Crippen MR) is 133 cm³/mol. The zero-order valence-electron chi connectivity index (χ0n) is 20.0. The van der Waals surface area contributed by atoms with Crippen molar-refractivity contribution in [3.05, 3.63) is 75.7 Å². The van der Waals surface area contributed by atoms with Gasteiger partial charge in [0.05, 0.1) is 21.8 Å². The van der Waals surface area contributed by atoms with Gasteiger partial charge in [-0.3, -0.25) is 9.20 Å². The molecule has 0 fully saturated rings. The monoisotopic (exact) mass is 474 g/mol. The lowest BCUT2D eigenvalue weighted by Gasteiger charge is -2.14. The summed E-state index contributed by atoms with van der Waals surface area (Å²) in [5, 5.41) is 14.2. The van der Waals surface area contributed by atoms with Crippen LogP contribution in [0.4, 0.5) is 0 Å². The lowest BCUT2D eigenvalue weighted by Crippen LogP contribution is -2.22. The van der Waals surface area contributed by atoms with Gasteiger partial charge in [0.25, 0.3) is 5.56 Å². The Morgan fingerprint density at radius 2 is 1.79 bits per heavy atom. The summed E-state index contributed by atoms with van der Waals surface area (Å²) < 4.78 is 9.13. The van der Waals surface area contributed by atoms with E-state index in [9.17, 15) is 4.79 Å². The lowest BCUT2D eigenvalue weighted by atomic mass is 9.96. The average Bonchev–Trinajstić information content (AvgIpc) is 3.45. The number of thioether (sulfide) groups is 1. The molecule has 5 aromatic rings. The van der Waals surface area contributed by atoms with Crippen LogP contribution in [0.5, 0.6) is 0 Å². The highest BCUT2D eigenvalue weighted by Gasteiger charge is 2.26. The molecule has 1 atom stereocenters. The maximum Gasteiger partial charge on any atom is 0.267 e. The zero-order chi connectivity index (χ0) is 24.2. The Kier molecular flexibility index (Phi) is 5.31. The number of aromatic nitrogens is 6. The van der Waals surface area contributed by atoms with Gasteiger partial charge >= 0.3 is 0 Å². The van der Waals surface area contributed by atoms with E-state index in [0.29, 0.717) is 28.0 Å². The van der Waals surface area contributed by atoms with Crippen molar-refractivity contribution in [1.29, 1.82) is 0 Å². The number of rotatable bonds is 4. The van der Waals surface area contributed by atoms with Gasteiger partial charge in [-0.25, -0.2) is 4.57 Å². The molecule has 0 bridgehead atoms. The van der Waals surface area contributed by atoms with Crippen molar-refractivity contribution in [1.82, 2.24) is 29.3 Å². The Balaban J connectivity index is 1.70. The van der Waals surface area contributed by atoms with Gasteiger partial charge in [0.1, 0.15) is 0 Å². The van der Waals surface area contributed by atoms with Crippen LogP contribution in [-0.4, -0.2) is 29.3 Å². The molecule has 0 radical (unpaired) electrons. The van der Waals surface area contributed by atoms with Crippen molar-refractivity contribution in [2.45, 2.75) is 57.4 Å². The maximum absolute atomic E-state index is 13.6. The summed E-state index contributed by atoms with van der Waals surface area (Å²) in [5.41, 5.74) is 3.35. The third-order valence-electron chi connectivity index (χ3n) is 5.95.